The van der Waals surface area contributed by atoms with E-state index in [1.54, 1.807) is 0 Å². The van der Waals surface area contributed by atoms with Gasteiger partial charge in [0, 0.05) is 16.1 Å². The normalized spacial score (nSPS) is 19.9. The first-order chi connectivity index (χ1) is 8.12. The van der Waals surface area contributed by atoms with Gasteiger partial charge in [0.05, 0.1) is 5.48 Å². The lowest BCUT2D eigenvalue weighted by Gasteiger charge is -1.96. The molecule has 58 valence electrons. The molecule has 0 saturated heterocycles. The minimum Gasteiger partial charge on any atom is -0.294 e. The lowest BCUT2D eigenvalue weighted by atomic mass is 10.1. The number of carbonyl (C=O) groups is 1. The number of hydrogen-bond acceptors (Lipinski definition) is 1. The van der Waals surface area contributed by atoms with E-state index in [0.29, 0.717) is 0 Å². The number of carbonyl (C=O) groups excluding carboxylic acids is 1. The summed E-state index contributed by atoms with van der Waals surface area (Å²) in [5.41, 5.74) is -0.995. The van der Waals surface area contributed by atoms with E-state index in [-0.39, 0.29) is 12.0 Å². The van der Waals surface area contributed by atoms with E-state index in [4.69, 9.17) is 9.60 Å². The van der Waals surface area contributed by atoms with Crippen LogP contribution in [0.1, 0.15) is 38.9 Å². The maximum absolute atomic E-state index is 11.6. The van der Waals surface area contributed by atoms with Crippen molar-refractivity contribution >= 4 is 5.78 Å². The van der Waals surface area contributed by atoms with Gasteiger partial charge >= 0.3 is 0 Å². The molecule has 0 N–H and O–H groups in total. The van der Waals surface area contributed by atoms with Crippen LogP contribution in [0.15, 0.2) is 24.2 Å². The summed E-state index contributed by atoms with van der Waals surface area (Å²) in [4.78, 5) is 11.6. The maximum Gasteiger partial charge on any atom is 0.162 e. The number of Topliss-reactive ketones (excluding diaryl/α,β-unsaturated/α-hetero) is 1. The van der Waals surface area contributed by atoms with Gasteiger partial charge in [0.15, 0.2) is 5.78 Å². The van der Waals surface area contributed by atoms with Crippen molar-refractivity contribution in [3.05, 3.63) is 35.3 Å². The third-order valence-electron chi connectivity index (χ3n) is 1.22. The molecule has 0 heterocycles. The van der Waals surface area contributed by atoms with E-state index < -0.39 is 42.4 Å². The lowest BCUT2D eigenvalue weighted by molar-refractivity contribution is 0.0988. The van der Waals surface area contributed by atoms with Crippen molar-refractivity contribution in [3.63, 3.8) is 0 Å². The van der Waals surface area contributed by atoms with Gasteiger partial charge in [0.1, 0.15) is 0 Å². The second-order valence-corrected chi connectivity index (χ2v) is 2.03. The fourth-order valence-electron chi connectivity index (χ4n) is 0.629. The molecule has 1 nitrogen and oxygen atoms in total. The summed E-state index contributed by atoms with van der Waals surface area (Å²) in [6.07, 6.45) is 0.0315. The summed E-state index contributed by atoms with van der Waals surface area (Å²) >= 11 is 0. The third-order valence-corrected chi connectivity index (χ3v) is 1.22. The van der Waals surface area contributed by atoms with Crippen molar-refractivity contribution in [3.8, 4) is 0 Å². The molecule has 0 amide bonds. The summed E-state index contributed by atoms with van der Waals surface area (Å²) in [7, 11) is 0. The third kappa shape index (κ3) is 1.90. The van der Waals surface area contributed by atoms with Crippen molar-refractivity contribution < 1.29 is 14.4 Å². The van der Waals surface area contributed by atoms with E-state index in [0.717, 1.165) is 0 Å². The molecule has 0 spiro atoms. The van der Waals surface area contributed by atoms with Crippen LogP contribution in [0.4, 0.5) is 0 Å². The van der Waals surface area contributed by atoms with Crippen LogP contribution >= 0.6 is 0 Å². The van der Waals surface area contributed by atoms with Gasteiger partial charge in [-0.25, -0.2) is 0 Å². The molecule has 0 radical (unpaired) electrons. The van der Waals surface area contributed by atoms with E-state index in [1.165, 1.54) is 6.92 Å². The van der Waals surface area contributed by atoms with Gasteiger partial charge in [-0.15, -0.1) is 0 Å². The molecule has 0 atom stereocenters. The summed E-state index contributed by atoms with van der Waals surface area (Å²) < 4.78 is 52.1. The van der Waals surface area contributed by atoms with E-state index >= 15 is 0 Å². The molecule has 0 aliphatic rings. The molecular formula is C10H12O. The molecule has 1 aromatic carbocycles. The summed E-state index contributed by atoms with van der Waals surface area (Å²) in [5.74, 6) is -0.538. The molecule has 11 heavy (non-hydrogen) atoms. The summed E-state index contributed by atoms with van der Waals surface area (Å²) in [6, 6.07) is -2.52. The molecule has 1 rings (SSSR count). The largest absolute Gasteiger partial charge is 0.294 e. The lowest BCUT2D eigenvalue weighted by Crippen LogP contribution is -1.95. The Hall–Kier alpha value is -1.11. The van der Waals surface area contributed by atoms with Crippen molar-refractivity contribution in [2.75, 3.05) is 0 Å². The van der Waals surface area contributed by atoms with Crippen LogP contribution in [-0.2, 0) is 0 Å². The van der Waals surface area contributed by atoms with Crippen LogP contribution < -0.4 is 0 Å². The molecule has 0 aromatic heterocycles. The highest BCUT2D eigenvalue weighted by Crippen LogP contribution is 2.05. The zero-order valence-electron chi connectivity index (χ0n) is 13.1. The topological polar surface area (TPSA) is 17.1 Å². The van der Waals surface area contributed by atoms with Gasteiger partial charge in [-0.3, -0.25) is 4.79 Å². The van der Waals surface area contributed by atoms with Crippen molar-refractivity contribution in [1.29, 1.82) is 0 Å². The quantitative estimate of drug-likeness (QED) is 0.600. The second kappa shape index (κ2) is 3.33. The Morgan fingerprint density at radius 2 is 2.18 bits per heavy atom. The smallest absolute Gasteiger partial charge is 0.162 e. The van der Waals surface area contributed by atoms with Crippen molar-refractivity contribution in [2.45, 2.75) is 20.2 Å². The van der Waals surface area contributed by atoms with Gasteiger partial charge < -0.3 is 0 Å². The first kappa shape index (κ1) is 2.74. The van der Waals surface area contributed by atoms with Gasteiger partial charge in [0.2, 0.25) is 0 Å². The average Bonchev–Trinajstić information content (AvgIpc) is 2.24. The average molecular weight is 155 g/mol. The molecule has 1 heteroatoms. The molecule has 0 bridgehead atoms. The predicted molar refractivity (Wildman–Crippen MR) is 45.8 cm³/mol. The molecular weight excluding hydrogens is 136 g/mol. The first-order valence-electron chi connectivity index (χ1n) is 6.76. The molecule has 0 unspecified atom stereocenters. The van der Waals surface area contributed by atoms with E-state index in [9.17, 15) is 4.79 Å². The highest BCUT2D eigenvalue weighted by Gasteiger charge is 1.99. The SMILES string of the molecule is [2H]c1c([2H])c(C([2H])([2H])[2H])c([2H])c([2H])c1C(=O)CC. The Morgan fingerprint density at radius 3 is 2.64 bits per heavy atom. The number of benzene rings is 1. The standard InChI is InChI=1S/C10H12O/c1-3-10(11)9-6-4-8(2)5-7-9/h4-7H,3H2,1-2H3/i2D3,4D,5D,6D,7D. The van der Waals surface area contributed by atoms with E-state index in [1.807, 2.05) is 0 Å². The second-order valence-electron chi connectivity index (χ2n) is 2.03. The maximum atomic E-state index is 11.6. The minimum absolute atomic E-state index is 0.0315. The first-order valence-corrected chi connectivity index (χ1v) is 3.26. The molecule has 1 aromatic rings. The summed E-state index contributed by atoms with van der Waals surface area (Å²) in [5, 5.41) is 0. The fourth-order valence-corrected chi connectivity index (χ4v) is 0.629. The van der Waals surface area contributed by atoms with Crippen LogP contribution in [0.3, 0.4) is 0 Å². The van der Waals surface area contributed by atoms with Crippen LogP contribution in [-0.4, -0.2) is 5.78 Å². The van der Waals surface area contributed by atoms with Crippen LogP contribution in [0.2, 0.25) is 0 Å². The fraction of sp³-hybridized carbons (Fsp3) is 0.300. The zero-order valence-corrected chi connectivity index (χ0v) is 6.12. The van der Waals surface area contributed by atoms with Gasteiger partial charge in [0.25, 0.3) is 0 Å². The molecule has 0 fully saturated rings. The van der Waals surface area contributed by atoms with Crippen LogP contribution in [0.25, 0.3) is 0 Å². The van der Waals surface area contributed by atoms with Crippen LogP contribution in [0.5, 0.6) is 0 Å². The van der Waals surface area contributed by atoms with Gasteiger partial charge in [-0.2, -0.15) is 0 Å². The Morgan fingerprint density at radius 1 is 1.55 bits per heavy atom. The van der Waals surface area contributed by atoms with Crippen molar-refractivity contribution in [2.24, 2.45) is 0 Å². The number of hydrogen-bond donors (Lipinski definition) is 0. The van der Waals surface area contributed by atoms with E-state index in [2.05, 4.69) is 0 Å². The minimum atomic E-state index is -2.74. The highest BCUT2D eigenvalue weighted by atomic mass is 16.1. The van der Waals surface area contributed by atoms with Gasteiger partial charge in [-0.1, -0.05) is 36.7 Å². The monoisotopic (exact) mass is 155 g/mol. The van der Waals surface area contributed by atoms with Crippen LogP contribution in [0, 0.1) is 6.85 Å². The number of ketones is 1. The predicted octanol–water partition coefficient (Wildman–Crippen LogP) is 2.59. The van der Waals surface area contributed by atoms with Gasteiger partial charge in [-0.05, 0) is 6.85 Å². The number of rotatable bonds is 2. The Kier molecular flexibility index (Phi) is 0.830. The van der Waals surface area contributed by atoms with Crippen molar-refractivity contribution in [1.82, 2.24) is 0 Å². The zero-order chi connectivity index (χ0) is 14.2. The Balaban J connectivity index is 3.72. The molecule has 0 aliphatic heterocycles. The summed E-state index contributed by atoms with van der Waals surface area (Å²) in [6.45, 7) is -1.21. The molecule has 0 saturated carbocycles. The molecule has 0 aliphatic carbocycles. The Labute approximate surface area is 76.9 Å². The highest BCUT2D eigenvalue weighted by molar-refractivity contribution is 5.95. The Bertz CT molecular complexity index is 475.